The number of nitrogens with one attached hydrogen (secondary N) is 1. The van der Waals surface area contributed by atoms with E-state index in [9.17, 15) is 4.79 Å². The summed E-state index contributed by atoms with van der Waals surface area (Å²) in [5.41, 5.74) is 6.52. The highest BCUT2D eigenvalue weighted by Gasteiger charge is 2.28. The molecule has 0 aliphatic heterocycles. The first-order chi connectivity index (χ1) is 13.4. The topological polar surface area (TPSA) is 104 Å². The van der Waals surface area contributed by atoms with E-state index in [1.165, 1.54) is 0 Å². The van der Waals surface area contributed by atoms with E-state index in [1.54, 1.807) is 31.4 Å². The highest BCUT2D eigenvalue weighted by molar-refractivity contribution is 5.85. The predicted octanol–water partition coefficient (Wildman–Crippen LogP) is 1.85. The van der Waals surface area contributed by atoms with Crippen LogP contribution in [0.4, 0.5) is 0 Å². The summed E-state index contributed by atoms with van der Waals surface area (Å²) >= 11 is 0. The first kappa shape index (κ1) is 19.8. The van der Waals surface area contributed by atoms with Crippen LogP contribution in [0.3, 0.4) is 0 Å². The lowest BCUT2D eigenvalue weighted by atomic mass is 10.1. The van der Waals surface area contributed by atoms with Gasteiger partial charge in [0.2, 0.25) is 11.6 Å². The van der Waals surface area contributed by atoms with Crippen LogP contribution in [0.25, 0.3) is 5.65 Å². The molecule has 0 saturated heterocycles. The van der Waals surface area contributed by atoms with Crippen molar-refractivity contribution in [3.05, 3.63) is 60.0 Å². The third-order valence-corrected chi connectivity index (χ3v) is 4.24. The molecule has 2 heterocycles. The van der Waals surface area contributed by atoms with E-state index < -0.39 is 11.6 Å². The Kier molecular flexibility index (Phi) is 5.91. The van der Waals surface area contributed by atoms with Gasteiger partial charge in [-0.2, -0.15) is 0 Å². The molecular formula is C20H25N5O3. The first-order valence-corrected chi connectivity index (χ1v) is 8.99. The number of fused-ring (bicyclic) bond motifs is 1. The molecule has 3 rings (SSSR count). The Bertz CT molecular complexity index is 934. The van der Waals surface area contributed by atoms with E-state index in [0.717, 1.165) is 5.56 Å². The maximum atomic E-state index is 12.5. The van der Waals surface area contributed by atoms with Crippen molar-refractivity contribution in [2.24, 2.45) is 5.73 Å². The van der Waals surface area contributed by atoms with E-state index in [1.807, 2.05) is 42.6 Å². The summed E-state index contributed by atoms with van der Waals surface area (Å²) in [6.45, 7) is 3.93. The van der Waals surface area contributed by atoms with Gasteiger partial charge in [-0.25, -0.2) is 0 Å². The van der Waals surface area contributed by atoms with Crippen LogP contribution in [-0.2, 0) is 16.1 Å². The number of carbonyl (C=O) groups excluding carboxylic acids is 1. The van der Waals surface area contributed by atoms with Crippen LogP contribution in [0, 0.1) is 0 Å². The molecule has 2 aromatic heterocycles. The van der Waals surface area contributed by atoms with E-state index in [0.29, 0.717) is 23.8 Å². The molecule has 0 aliphatic rings. The summed E-state index contributed by atoms with van der Waals surface area (Å²) in [6, 6.07) is 12.9. The normalized spacial score (nSPS) is 12.7. The largest absolute Gasteiger partial charge is 0.493 e. The Balaban J connectivity index is 1.84. The van der Waals surface area contributed by atoms with Gasteiger partial charge in [0.15, 0.2) is 11.6 Å². The molecule has 8 heteroatoms. The maximum absolute atomic E-state index is 12.5. The average Bonchev–Trinajstić information content (AvgIpc) is 3.11. The van der Waals surface area contributed by atoms with Crippen LogP contribution in [0.15, 0.2) is 48.7 Å². The molecule has 0 fully saturated rings. The summed E-state index contributed by atoms with van der Waals surface area (Å²) in [4.78, 5) is 12.5. The molecular weight excluding hydrogens is 358 g/mol. The number of hydrogen-bond acceptors (Lipinski definition) is 6. The third kappa shape index (κ3) is 4.47. The highest BCUT2D eigenvalue weighted by atomic mass is 16.5. The number of ether oxygens (including phenoxy) is 2. The number of nitrogens with zero attached hydrogens (tertiary/aromatic N) is 3. The van der Waals surface area contributed by atoms with Gasteiger partial charge in [-0.1, -0.05) is 30.3 Å². The van der Waals surface area contributed by atoms with Crippen LogP contribution >= 0.6 is 0 Å². The molecule has 148 valence electrons. The Morgan fingerprint density at radius 2 is 1.96 bits per heavy atom. The quantitative estimate of drug-likeness (QED) is 0.615. The van der Waals surface area contributed by atoms with Crippen molar-refractivity contribution in [3.8, 4) is 5.75 Å². The third-order valence-electron chi connectivity index (χ3n) is 4.24. The molecule has 0 aliphatic carbocycles. The first-order valence-electron chi connectivity index (χ1n) is 8.99. The number of methoxy groups -OCH3 is 1. The van der Waals surface area contributed by atoms with Gasteiger partial charge in [0.1, 0.15) is 6.04 Å². The zero-order valence-electron chi connectivity index (χ0n) is 16.3. The smallest absolute Gasteiger partial charge is 0.240 e. The Hall–Kier alpha value is -2.97. The van der Waals surface area contributed by atoms with Gasteiger partial charge in [0.25, 0.3) is 0 Å². The second-order valence-corrected chi connectivity index (χ2v) is 7.08. The van der Waals surface area contributed by atoms with Crippen molar-refractivity contribution in [2.75, 3.05) is 13.7 Å². The number of carbonyl (C=O) groups is 1. The van der Waals surface area contributed by atoms with Crippen molar-refractivity contribution < 1.29 is 14.3 Å². The minimum absolute atomic E-state index is 0.217. The van der Waals surface area contributed by atoms with Crippen molar-refractivity contribution >= 4 is 11.6 Å². The Morgan fingerprint density at radius 3 is 2.64 bits per heavy atom. The van der Waals surface area contributed by atoms with Gasteiger partial charge in [-0.05, 0) is 31.5 Å². The molecule has 3 N–H and O–H groups in total. The lowest BCUT2D eigenvalue weighted by Gasteiger charge is -2.23. The minimum Gasteiger partial charge on any atom is -0.493 e. The summed E-state index contributed by atoms with van der Waals surface area (Å²) in [6.07, 6.45) is 1.82. The molecule has 0 unspecified atom stereocenters. The molecule has 0 radical (unpaired) electrons. The lowest BCUT2D eigenvalue weighted by Crippen LogP contribution is -2.50. The van der Waals surface area contributed by atoms with Crippen molar-refractivity contribution in [3.63, 3.8) is 0 Å². The standard InChI is InChI=1S/C20H25N5O3/c1-20(2,21)19(26)22-15(13-28-12-14-8-5-4-6-9-14)17-23-24-18-16(27-3)10-7-11-25(17)18/h4-11,15H,12-13,21H2,1-3H3,(H,22,26)/t15-/m1/s1. The fourth-order valence-corrected chi connectivity index (χ4v) is 2.70. The summed E-state index contributed by atoms with van der Waals surface area (Å²) < 4.78 is 13.0. The summed E-state index contributed by atoms with van der Waals surface area (Å²) in [7, 11) is 1.57. The number of rotatable bonds is 8. The van der Waals surface area contributed by atoms with Crippen molar-refractivity contribution in [2.45, 2.75) is 32.0 Å². The average molecular weight is 383 g/mol. The van der Waals surface area contributed by atoms with Gasteiger partial charge in [-0.3, -0.25) is 9.20 Å². The summed E-state index contributed by atoms with van der Waals surface area (Å²) in [5.74, 6) is 0.829. The molecule has 0 bridgehead atoms. The van der Waals surface area contributed by atoms with E-state index in [2.05, 4.69) is 15.5 Å². The van der Waals surface area contributed by atoms with Gasteiger partial charge in [-0.15, -0.1) is 10.2 Å². The van der Waals surface area contributed by atoms with Gasteiger partial charge >= 0.3 is 0 Å². The van der Waals surface area contributed by atoms with Crippen LogP contribution in [-0.4, -0.2) is 39.8 Å². The monoisotopic (exact) mass is 383 g/mol. The fraction of sp³-hybridized carbons (Fsp3) is 0.350. The number of aromatic nitrogens is 3. The van der Waals surface area contributed by atoms with E-state index in [-0.39, 0.29) is 12.5 Å². The van der Waals surface area contributed by atoms with E-state index >= 15 is 0 Å². The molecule has 0 saturated carbocycles. The second kappa shape index (κ2) is 8.37. The molecule has 1 aromatic carbocycles. The van der Waals surface area contributed by atoms with E-state index in [4.69, 9.17) is 15.2 Å². The molecule has 1 atom stereocenters. The molecule has 28 heavy (non-hydrogen) atoms. The maximum Gasteiger partial charge on any atom is 0.240 e. The van der Waals surface area contributed by atoms with Gasteiger partial charge in [0.05, 0.1) is 25.9 Å². The molecule has 1 amide bonds. The van der Waals surface area contributed by atoms with Gasteiger partial charge < -0.3 is 20.5 Å². The summed E-state index contributed by atoms with van der Waals surface area (Å²) in [5, 5.41) is 11.4. The Morgan fingerprint density at radius 1 is 1.21 bits per heavy atom. The van der Waals surface area contributed by atoms with Crippen LogP contribution < -0.4 is 15.8 Å². The Labute approximate surface area is 163 Å². The molecule has 8 nitrogen and oxygen atoms in total. The highest BCUT2D eigenvalue weighted by Crippen LogP contribution is 2.21. The van der Waals surface area contributed by atoms with Crippen LogP contribution in [0.5, 0.6) is 5.75 Å². The second-order valence-electron chi connectivity index (χ2n) is 7.08. The molecule has 3 aromatic rings. The molecule has 0 spiro atoms. The van der Waals surface area contributed by atoms with Crippen LogP contribution in [0.1, 0.15) is 31.3 Å². The fourth-order valence-electron chi connectivity index (χ4n) is 2.70. The zero-order chi connectivity index (χ0) is 20.1. The SMILES string of the molecule is COc1cccn2c([C@@H](COCc3ccccc3)NC(=O)C(C)(C)N)nnc12. The zero-order valence-corrected chi connectivity index (χ0v) is 16.3. The number of pyridine rings is 1. The lowest BCUT2D eigenvalue weighted by molar-refractivity contribution is -0.126. The van der Waals surface area contributed by atoms with Crippen molar-refractivity contribution in [1.82, 2.24) is 19.9 Å². The predicted molar refractivity (Wildman–Crippen MR) is 105 cm³/mol. The number of amides is 1. The number of hydrogen-bond donors (Lipinski definition) is 2. The van der Waals surface area contributed by atoms with Gasteiger partial charge in [0, 0.05) is 6.20 Å². The number of nitrogens with two attached hydrogens (primary N) is 1. The van der Waals surface area contributed by atoms with Crippen LogP contribution in [0.2, 0.25) is 0 Å². The van der Waals surface area contributed by atoms with Crippen molar-refractivity contribution in [1.29, 1.82) is 0 Å². The minimum atomic E-state index is -1.03. The number of benzene rings is 1.